The molecule has 1 unspecified atom stereocenters. The second-order valence-corrected chi connectivity index (χ2v) is 8.23. The van der Waals surface area contributed by atoms with Crippen molar-refractivity contribution in [1.29, 1.82) is 0 Å². The monoisotopic (exact) mass is 457 g/mol. The van der Waals surface area contributed by atoms with Gasteiger partial charge in [0, 0.05) is 44.3 Å². The van der Waals surface area contributed by atoms with Gasteiger partial charge < -0.3 is 19.6 Å². The first-order valence-electron chi connectivity index (χ1n) is 11.1. The van der Waals surface area contributed by atoms with Gasteiger partial charge in [0.05, 0.1) is 18.2 Å². The molecule has 1 N–H and O–H groups in total. The number of rotatable bonds is 7. The minimum atomic E-state index is -0.733. The van der Waals surface area contributed by atoms with Crippen LogP contribution in [0.2, 0.25) is 0 Å². The van der Waals surface area contributed by atoms with E-state index in [4.69, 9.17) is 4.74 Å². The standard InChI is InChI=1S/C27H27N3O4/c1-4-34-22-13-9-20(10-14-22)25(31)23-24(19-7-11-21(12-8-19)29(2)3)30(27(33)26(23)32)17-18-6-5-15-28-16-18/h5-16,24,31H,4,17H2,1-3H3/b25-23+. The van der Waals surface area contributed by atoms with Crippen LogP contribution in [0, 0.1) is 0 Å². The maximum atomic E-state index is 13.2. The first-order chi connectivity index (χ1) is 16.4. The van der Waals surface area contributed by atoms with Crippen molar-refractivity contribution in [2.24, 2.45) is 0 Å². The van der Waals surface area contributed by atoms with E-state index in [-0.39, 0.29) is 17.9 Å². The quantitative estimate of drug-likeness (QED) is 0.326. The van der Waals surface area contributed by atoms with Crippen molar-refractivity contribution < 1.29 is 19.4 Å². The molecule has 7 heteroatoms. The smallest absolute Gasteiger partial charge is 0.295 e. The van der Waals surface area contributed by atoms with E-state index < -0.39 is 17.7 Å². The lowest BCUT2D eigenvalue weighted by atomic mass is 9.95. The zero-order valence-electron chi connectivity index (χ0n) is 19.4. The lowest BCUT2D eigenvalue weighted by Crippen LogP contribution is -2.29. The van der Waals surface area contributed by atoms with Gasteiger partial charge in [-0.25, -0.2) is 0 Å². The average molecular weight is 458 g/mol. The van der Waals surface area contributed by atoms with Crippen molar-refractivity contribution in [3.63, 3.8) is 0 Å². The van der Waals surface area contributed by atoms with Crippen LogP contribution in [0.3, 0.4) is 0 Å². The van der Waals surface area contributed by atoms with Crippen LogP contribution in [0.15, 0.2) is 78.6 Å². The molecular formula is C27H27N3O4. The van der Waals surface area contributed by atoms with Crippen molar-refractivity contribution in [3.05, 3.63) is 95.3 Å². The summed E-state index contributed by atoms with van der Waals surface area (Å²) < 4.78 is 5.47. The van der Waals surface area contributed by atoms with Gasteiger partial charge >= 0.3 is 0 Å². The van der Waals surface area contributed by atoms with Crippen molar-refractivity contribution >= 4 is 23.1 Å². The van der Waals surface area contributed by atoms with E-state index in [9.17, 15) is 14.7 Å². The van der Waals surface area contributed by atoms with Gasteiger partial charge in [-0.1, -0.05) is 18.2 Å². The van der Waals surface area contributed by atoms with Crippen molar-refractivity contribution in [1.82, 2.24) is 9.88 Å². The molecule has 1 aliphatic heterocycles. The summed E-state index contributed by atoms with van der Waals surface area (Å²) in [5.41, 5.74) is 3.02. The summed E-state index contributed by atoms with van der Waals surface area (Å²) in [5.74, 6) is -0.918. The Labute approximate surface area is 198 Å². The molecule has 1 amide bonds. The van der Waals surface area contributed by atoms with Gasteiger partial charge in [0.25, 0.3) is 11.7 Å². The molecule has 7 nitrogen and oxygen atoms in total. The second-order valence-electron chi connectivity index (χ2n) is 8.23. The minimum absolute atomic E-state index is 0.0654. The van der Waals surface area contributed by atoms with E-state index >= 15 is 0 Å². The van der Waals surface area contributed by atoms with E-state index in [1.807, 2.05) is 56.3 Å². The van der Waals surface area contributed by atoms with Crippen LogP contribution in [0.25, 0.3) is 5.76 Å². The van der Waals surface area contributed by atoms with Gasteiger partial charge in [0.15, 0.2) is 0 Å². The Kier molecular flexibility index (Phi) is 6.63. The molecule has 1 atom stereocenters. The molecule has 174 valence electrons. The summed E-state index contributed by atoms with van der Waals surface area (Å²) in [6.07, 6.45) is 3.32. The van der Waals surface area contributed by atoms with Crippen LogP contribution in [-0.2, 0) is 16.1 Å². The molecule has 0 bridgehead atoms. The lowest BCUT2D eigenvalue weighted by Gasteiger charge is -2.26. The topological polar surface area (TPSA) is 83.0 Å². The number of carbonyl (C=O) groups excluding carboxylic acids is 2. The predicted molar refractivity (Wildman–Crippen MR) is 130 cm³/mol. The fourth-order valence-corrected chi connectivity index (χ4v) is 4.06. The number of aliphatic hydroxyl groups is 1. The number of aliphatic hydroxyl groups excluding tert-OH is 1. The molecule has 0 aliphatic carbocycles. The molecule has 1 saturated heterocycles. The van der Waals surface area contributed by atoms with Crippen LogP contribution in [0.4, 0.5) is 5.69 Å². The third-order valence-corrected chi connectivity index (χ3v) is 5.78. The number of hydrogen-bond donors (Lipinski definition) is 1. The van der Waals surface area contributed by atoms with Gasteiger partial charge in [-0.2, -0.15) is 0 Å². The van der Waals surface area contributed by atoms with E-state index in [0.29, 0.717) is 17.9 Å². The van der Waals surface area contributed by atoms with Crippen LogP contribution < -0.4 is 9.64 Å². The minimum Gasteiger partial charge on any atom is -0.507 e. The van der Waals surface area contributed by atoms with Gasteiger partial charge in [0.2, 0.25) is 0 Å². The first-order valence-corrected chi connectivity index (χ1v) is 11.1. The number of aromatic nitrogens is 1. The number of pyridine rings is 1. The van der Waals surface area contributed by atoms with E-state index in [1.54, 1.807) is 42.7 Å². The molecule has 1 aromatic heterocycles. The number of ether oxygens (including phenoxy) is 1. The number of benzene rings is 2. The summed E-state index contributed by atoms with van der Waals surface area (Å²) in [6.45, 7) is 2.60. The Balaban J connectivity index is 1.81. The third kappa shape index (κ3) is 4.50. The zero-order valence-corrected chi connectivity index (χ0v) is 19.4. The molecule has 0 spiro atoms. The normalized spacial score (nSPS) is 17.1. The number of carbonyl (C=O) groups is 2. The van der Waals surface area contributed by atoms with Crippen molar-refractivity contribution in [2.75, 3.05) is 25.6 Å². The number of amides is 1. The fraction of sp³-hybridized carbons (Fsp3) is 0.222. The number of anilines is 1. The highest BCUT2D eigenvalue weighted by atomic mass is 16.5. The molecule has 2 aromatic carbocycles. The Morgan fingerprint density at radius 2 is 1.76 bits per heavy atom. The van der Waals surface area contributed by atoms with Crippen molar-refractivity contribution in [3.8, 4) is 5.75 Å². The summed E-state index contributed by atoms with van der Waals surface area (Å²) in [4.78, 5) is 33.9. The highest BCUT2D eigenvalue weighted by Crippen LogP contribution is 2.40. The van der Waals surface area contributed by atoms with E-state index in [1.165, 1.54) is 4.90 Å². The third-order valence-electron chi connectivity index (χ3n) is 5.78. The molecule has 3 aromatic rings. The summed E-state index contributed by atoms with van der Waals surface area (Å²) in [7, 11) is 3.88. The summed E-state index contributed by atoms with van der Waals surface area (Å²) in [5, 5.41) is 11.2. The fourth-order valence-electron chi connectivity index (χ4n) is 4.06. The van der Waals surface area contributed by atoms with Gasteiger partial charge in [-0.05, 0) is 60.5 Å². The predicted octanol–water partition coefficient (Wildman–Crippen LogP) is 4.17. The molecule has 34 heavy (non-hydrogen) atoms. The maximum Gasteiger partial charge on any atom is 0.295 e. The van der Waals surface area contributed by atoms with Crippen LogP contribution >= 0.6 is 0 Å². The van der Waals surface area contributed by atoms with Crippen LogP contribution in [0.1, 0.15) is 29.7 Å². The maximum absolute atomic E-state index is 13.2. The van der Waals surface area contributed by atoms with Gasteiger partial charge in [0.1, 0.15) is 11.5 Å². The van der Waals surface area contributed by atoms with Crippen LogP contribution in [0.5, 0.6) is 5.75 Å². The molecule has 4 rings (SSSR count). The average Bonchev–Trinajstić information content (AvgIpc) is 3.10. The Hall–Kier alpha value is -4.13. The SMILES string of the molecule is CCOc1ccc(/C(O)=C2\C(=O)C(=O)N(Cc3cccnc3)C2c2ccc(N(C)C)cc2)cc1. The van der Waals surface area contributed by atoms with Crippen LogP contribution in [-0.4, -0.2) is 47.4 Å². The summed E-state index contributed by atoms with van der Waals surface area (Å²) in [6, 6.07) is 17.3. The van der Waals surface area contributed by atoms with Crippen molar-refractivity contribution in [2.45, 2.75) is 19.5 Å². The zero-order chi connectivity index (χ0) is 24.2. The first kappa shape index (κ1) is 23.0. The van der Waals surface area contributed by atoms with E-state index in [0.717, 1.165) is 16.8 Å². The molecule has 0 radical (unpaired) electrons. The Bertz CT molecular complexity index is 1200. The Morgan fingerprint density at radius 1 is 1.06 bits per heavy atom. The highest BCUT2D eigenvalue weighted by molar-refractivity contribution is 6.46. The number of nitrogens with zero attached hydrogens (tertiary/aromatic N) is 3. The summed E-state index contributed by atoms with van der Waals surface area (Å²) >= 11 is 0. The number of hydrogen-bond acceptors (Lipinski definition) is 6. The molecule has 1 aliphatic rings. The molecular weight excluding hydrogens is 430 g/mol. The van der Waals surface area contributed by atoms with E-state index in [2.05, 4.69) is 4.98 Å². The van der Waals surface area contributed by atoms with Gasteiger partial charge in [-0.3, -0.25) is 14.6 Å². The largest absolute Gasteiger partial charge is 0.507 e. The van der Waals surface area contributed by atoms with Gasteiger partial charge in [-0.15, -0.1) is 0 Å². The molecule has 1 fully saturated rings. The Morgan fingerprint density at radius 3 is 2.35 bits per heavy atom. The molecule has 2 heterocycles. The molecule has 0 saturated carbocycles. The second kappa shape index (κ2) is 9.79. The number of Topliss-reactive ketones (excluding diaryl/α,β-unsaturated/α-hetero) is 1. The number of ketones is 1. The lowest BCUT2D eigenvalue weighted by molar-refractivity contribution is -0.140. The number of likely N-dealkylation sites (tertiary alicyclic amines) is 1. The highest BCUT2D eigenvalue weighted by Gasteiger charge is 2.46.